The Kier molecular flexibility index (Phi) is 7.48. The van der Waals surface area contributed by atoms with Gasteiger partial charge in [0.05, 0.1) is 12.6 Å². The first-order valence-electron chi connectivity index (χ1n) is 12.1. The van der Waals surface area contributed by atoms with E-state index in [1.807, 2.05) is 37.4 Å². The molecule has 2 aromatic rings. The molecule has 4 rings (SSSR count). The molecule has 2 amide bonds. The molecule has 1 atom stereocenters. The molecule has 0 radical (unpaired) electrons. The van der Waals surface area contributed by atoms with Crippen molar-refractivity contribution in [1.82, 2.24) is 10.2 Å². The average molecular weight is 479 g/mol. The molecular weight excluding hydrogens is 444 g/mol. The van der Waals surface area contributed by atoms with Gasteiger partial charge in [-0.1, -0.05) is 74.5 Å². The van der Waals surface area contributed by atoms with Crippen LogP contribution in [0.2, 0.25) is 0 Å². The maximum Gasteiger partial charge on any atom is 0.225 e. The van der Waals surface area contributed by atoms with Gasteiger partial charge < -0.3 is 15.3 Å². The van der Waals surface area contributed by atoms with Gasteiger partial charge in [-0.15, -0.1) is 0 Å². The highest BCUT2D eigenvalue weighted by Gasteiger charge is 2.28. The van der Waals surface area contributed by atoms with Gasteiger partial charge in [-0.05, 0) is 48.1 Å². The molecule has 2 aliphatic heterocycles. The largest absolute Gasteiger partial charge is 0.394 e. The van der Waals surface area contributed by atoms with E-state index in [2.05, 4.69) is 53.8 Å². The van der Waals surface area contributed by atoms with E-state index in [1.165, 1.54) is 32.1 Å². The molecule has 0 unspecified atom stereocenters. The van der Waals surface area contributed by atoms with Crippen LogP contribution in [-0.4, -0.2) is 47.6 Å². The summed E-state index contributed by atoms with van der Waals surface area (Å²) in [5, 5.41) is 12.5. The molecule has 34 heavy (non-hydrogen) atoms. The average Bonchev–Trinajstić information content (AvgIpc) is 2.84. The second-order valence-corrected chi connectivity index (χ2v) is 11.2. The third-order valence-corrected chi connectivity index (χ3v) is 7.70. The highest BCUT2D eigenvalue weighted by Crippen LogP contribution is 2.47. The molecule has 0 saturated carbocycles. The van der Waals surface area contributed by atoms with Gasteiger partial charge in [0.2, 0.25) is 11.8 Å². The van der Waals surface area contributed by atoms with E-state index in [4.69, 9.17) is 0 Å². The molecule has 1 saturated heterocycles. The summed E-state index contributed by atoms with van der Waals surface area (Å²) in [7, 11) is 0. The quantitative estimate of drug-likeness (QED) is 0.548. The van der Waals surface area contributed by atoms with Gasteiger partial charge in [-0.2, -0.15) is 0 Å². The van der Waals surface area contributed by atoms with Gasteiger partial charge in [0.15, 0.2) is 0 Å². The SMILES string of the molecule is CC(C)(C)C(=O)N[C@H](CO)CCC(=O)N1CCC(=C2c3ccccc3Sc3ccccc32)CC1. The summed E-state index contributed by atoms with van der Waals surface area (Å²) in [5.74, 6) is -0.0213. The highest BCUT2D eigenvalue weighted by atomic mass is 32.2. The zero-order valence-corrected chi connectivity index (χ0v) is 21.1. The number of amides is 2. The first-order chi connectivity index (χ1) is 16.3. The van der Waals surface area contributed by atoms with Crippen molar-refractivity contribution in [1.29, 1.82) is 0 Å². The summed E-state index contributed by atoms with van der Waals surface area (Å²) in [5.41, 5.74) is 4.81. The van der Waals surface area contributed by atoms with Gasteiger partial charge in [0.25, 0.3) is 0 Å². The number of hydrogen-bond acceptors (Lipinski definition) is 4. The minimum Gasteiger partial charge on any atom is -0.394 e. The Morgan fingerprint density at radius 3 is 2.09 bits per heavy atom. The number of aliphatic hydroxyl groups excluding tert-OH is 1. The predicted molar refractivity (Wildman–Crippen MR) is 137 cm³/mol. The first-order valence-corrected chi connectivity index (χ1v) is 12.9. The van der Waals surface area contributed by atoms with Crippen LogP contribution in [0.25, 0.3) is 5.57 Å². The molecule has 2 heterocycles. The molecule has 2 N–H and O–H groups in total. The maximum absolute atomic E-state index is 12.9. The van der Waals surface area contributed by atoms with E-state index in [-0.39, 0.29) is 18.4 Å². The zero-order chi connectivity index (χ0) is 24.3. The van der Waals surface area contributed by atoms with Crippen molar-refractivity contribution >= 4 is 29.1 Å². The lowest BCUT2D eigenvalue weighted by Crippen LogP contribution is -2.44. The number of nitrogens with one attached hydrogen (secondary N) is 1. The number of fused-ring (bicyclic) bond motifs is 2. The van der Waals surface area contributed by atoms with Gasteiger partial charge in [-0.3, -0.25) is 9.59 Å². The number of carbonyl (C=O) groups excluding carboxylic acids is 2. The fraction of sp³-hybridized carbons (Fsp3) is 0.429. The van der Waals surface area contributed by atoms with Crippen LogP contribution in [0.4, 0.5) is 0 Å². The minimum atomic E-state index is -0.525. The lowest BCUT2D eigenvalue weighted by molar-refractivity contribution is -0.133. The van der Waals surface area contributed by atoms with Crippen molar-refractivity contribution in [2.24, 2.45) is 5.41 Å². The van der Waals surface area contributed by atoms with E-state index in [1.54, 1.807) is 0 Å². The van der Waals surface area contributed by atoms with Crippen LogP contribution in [0.1, 0.15) is 57.6 Å². The Morgan fingerprint density at radius 2 is 1.56 bits per heavy atom. The van der Waals surface area contributed by atoms with Crippen molar-refractivity contribution < 1.29 is 14.7 Å². The van der Waals surface area contributed by atoms with Gasteiger partial charge >= 0.3 is 0 Å². The summed E-state index contributed by atoms with van der Waals surface area (Å²) in [6.07, 6.45) is 2.49. The number of hydrogen-bond donors (Lipinski definition) is 2. The van der Waals surface area contributed by atoms with Crippen LogP contribution in [0.15, 0.2) is 63.9 Å². The molecule has 5 nitrogen and oxygen atoms in total. The van der Waals surface area contributed by atoms with Crippen LogP contribution in [-0.2, 0) is 9.59 Å². The van der Waals surface area contributed by atoms with E-state index >= 15 is 0 Å². The van der Waals surface area contributed by atoms with Crippen molar-refractivity contribution in [2.45, 2.75) is 62.3 Å². The third kappa shape index (κ3) is 5.39. The van der Waals surface area contributed by atoms with E-state index in [0.29, 0.717) is 25.9 Å². The molecule has 0 bridgehead atoms. The van der Waals surface area contributed by atoms with Crippen molar-refractivity contribution in [3.63, 3.8) is 0 Å². The zero-order valence-electron chi connectivity index (χ0n) is 20.3. The number of aliphatic hydroxyl groups is 1. The summed E-state index contributed by atoms with van der Waals surface area (Å²) < 4.78 is 0. The summed E-state index contributed by atoms with van der Waals surface area (Å²) in [4.78, 5) is 29.6. The Balaban J connectivity index is 1.42. The predicted octanol–water partition coefficient (Wildman–Crippen LogP) is 4.88. The Hall–Kier alpha value is -2.57. The standard InChI is InChI=1S/C28H34N2O3S/c1-28(2,3)27(33)29-20(18-31)12-13-25(32)30-16-14-19(15-17-30)26-21-8-4-6-10-23(21)34-24-11-7-5-9-22(24)26/h4-11,20,31H,12-18H2,1-3H3,(H,29,33)/t20-/m0/s1. The Labute approximate surface area is 206 Å². The van der Waals surface area contributed by atoms with E-state index in [9.17, 15) is 14.7 Å². The van der Waals surface area contributed by atoms with Gasteiger partial charge in [0.1, 0.15) is 0 Å². The molecule has 6 heteroatoms. The molecule has 180 valence electrons. The fourth-order valence-corrected chi connectivity index (χ4v) is 5.60. The highest BCUT2D eigenvalue weighted by molar-refractivity contribution is 7.99. The summed E-state index contributed by atoms with van der Waals surface area (Å²) in [6, 6.07) is 16.8. The lowest BCUT2D eigenvalue weighted by Gasteiger charge is -2.32. The maximum atomic E-state index is 12.9. The topological polar surface area (TPSA) is 69.6 Å². The number of likely N-dealkylation sites (tertiary alicyclic amines) is 1. The van der Waals surface area contributed by atoms with Crippen LogP contribution in [0.3, 0.4) is 0 Å². The molecular formula is C28H34N2O3S. The number of benzene rings is 2. The molecule has 1 fully saturated rings. The van der Waals surface area contributed by atoms with Crippen molar-refractivity contribution in [2.75, 3.05) is 19.7 Å². The molecule has 0 aromatic heterocycles. The normalized spacial score (nSPS) is 16.5. The molecule has 0 spiro atoms. The van der Waals surface area contributed by atoms with Crippen molar-refractivity contribution in [3.05, 3.63) is 65.2 Å². The van der Waals surface area contributed by atoms with E-state index in [0.717, 1.165) is 12.8 Å². The molecule has 2 aromatic carbocycles. The molecule has 0 aliphatic carbocycles. The van der Waals surface area contributed by atoms with Crippen LogP contribution >= 0.6 is 11.8 Å². The third-order valence-electron chi connectivity index (χ3n) is 6.55. The summed E-state index contributed by atoms with van der Waals surface area (Å²) >= 11 is 1.82. The number of nitrogens with zero attached hydrogens (tertiary/aromatic N) is 1. The van der Waals surface area contributed by atoms with Gasteiger partial charge in [-0.25, -0.2) is 0 Å². The number of carbonyl (C=O) groups is 2. The lowest BCUT2D eigenvalue weighted by atomic mass is 9.88. The van der Waals surface area contributed by atoms with E-state index < -0.39 is 11.5 Å². The molecule has 2 aliphatic rings. The summed E-state index contributed by atoms with van der Waals surface area (Å²) in [6.45, 7) is 6.75. The fourth-order valence-electron chi connectivity index (χ4n) is 4.51. The Bertz CT molecular complexity index is 1050. The van der Waals surface area contributed by atoms with Crippen LogP contribution in [0.5, 0.6) is 0 Å². The number of piperidine rings is 1. The Morgan fingerprint density at radius 1 is 1.00 bits per heavy atom. The second-order valence-electron chi connectivity index (χ2n) is 10.1. The smallest absolute Gasteiger partial charge is 0.225 e. The van der Waals surface area contributed by atoms with Crippen LogP contribution < -0.4 is 5.32 Å². The van der Waals surface area contributed by atoms with Gasteiger partial charge in [0, 0.05) is 34.7 Å². The number of rotatable bonds is 5. The minimum absolute atomic E-state index is 0.0903. The second kappa shape index (κ2) is 10.4. The monoisotopic (exact) mass is 478 g/mol. The van der Waals surface area contributed by atoms with Crippen LogP contribution in [0, 0.1) is 5.41 Å². The van der Waals surface area contributed by atoms with Crippen molar-refractivity contribution in [3.8, 4) is 0 Å². The first kappa shape index (κ1) is 24.6.